The van der Waals surface area contributed by atoms with E-state index in [0.29, 0.717) is 23.1 Å². The molecule has 2 aromatic carbocycles. The number of fused-ring (bicyclic) bond motifs is 2. The van der Waals surface area contributed by atoms with Crippen LogP contribution in [0.4, 0.5) is 13.2 Å². The molecular weight excluding hydrogens is 449 g/mol. The fraction of sp³-hybridized carbons (Fsp3) is 0.261. The van der Waals surface area contributed by atoms with Crippen molar-refractivity contribution >= 4 is 16.7 Å². The fourth-order valence-corrected chi connectivity index (χ4v) is 4.37. The highest BCUT2D eigenvalue weighted by Gasteiger charge is 2.41. The molecule has 2 aromatic heterocycles. The Morgan fingerprint density at radius 3 is 2.65 bits per heavy atom. The van der Waals surface area contributed by atoms with E-state index in [2.05, 4.69) is 20.4 Å². The molecule has 4 aromatic rings. The molecule has 0 radical (unpaired) electrons. The van der Waals surface area contributed by atoms with E-state index in [0.717, 1.165) is 15.5 Å². The van der Waals surface area contributed by atoms with Crippen LogP contribution in [-0.4, -0.2) is 42.3 Å². The van der Waals surface area contributed by atoms with Crippen molar-refractivity contribution in [2.24, 2.45) is 0 Å². The molecule has 0 saturated carbocycles. The van der Waals surface area contributed by atoms with E-state index in [9.17, 15) is 22.8 Å². The minimum atomic E-state index is -4.61. The SMILES string of the molecule is CC1CN(C(=O)c2cccc(Cc3n[nH]c(=O)c4ccccc34)c2)Cc2nnc(C(F)(F)F)n21. The van der Waals surface area contributed by atoms with Crippen LogP contribution in [0.5, 0.6) is 0 Å². The second-order valence-corrected chi connectivity index (χ2v) is 8.26. The Balaban J connectivity index is 1.40. The minimum Gasteiger partial charge on any atom is -0.329 e. The number of nitrogens with one attached hydrogen (secondary N) is 1. The molecule has 0 saturated heterocycles. The zero-order chi connectivity index (χ0) is 24.0. The van der Waals surface area contributed by atoms with Crippen LogP contribution < -0.4 is 5.56 Å². The largest absolute Gasteiger partial charge is 0.451 e. The third-order valence-electron chi connectivity index (χ3n) is 5.89. The molecule has 0 spiro atoms. The number of alkyl halides is 3. The average Bonchev–Trinajstić information content (AvgIpc) is 3.26. The van der Waals surface area contributed by atoms with Crippen LogP contribution in [0, 0.1) is 0 Å². The third kappa shape index (κ3) is 3.82. The van der Waals surface area contributed by atoms with Crippen molar-refractivity contribution in [2.45, 2.75) is 32.1 Å². The van der Waals surface area contributed by atoms with Crippen LogP contribution in [0.25, 0.3) is 10.8 Å². The maximum Gasteiger partial charge on any atom is 0.451 e. The highest BCUT2D eigenvalue weighted by atomic mass is 19.4. The van der Waals surface area contributed by atoms with Gasteiger partial charge in [0.05, 0.1) is 23.7 Å². The molecule has 0 aliphatic carbocycles. The summed E-state index contributed by atoms with van der Waals surface area (Å²) in [4.78, 5) is 26.7. The lowest BCUT2D eigenvalue weighted by Crippen LogP contribution is -2.41. The van der Waals surface area contributed by atoms with Gasteiger partial charge in [0, 0.05) is 23.9 Å². The number of halogens is 3. The van der Waals surface area contributed by atoms with Gasteiger partial charge in [-0.25, -0.2) is 5.10 Å². The Morgan fingerprint density at radius 1 is 1.12 bits per heavy atom. The lowest BCUT2D eigenvalue weighted by atomic mass is 10.0. The normalized spacial score (nSPS) is 16.0. The van der Waals surface area contributed by atoms with Crippen LogP contribution in [-0.2, 0) is 19.1 Å². The van der Waals surface area contributed by atoms with Gasteiger partial charge >= 0.3 is 6.18 Å². The molecule has 3 heterocycles. The van der Waals surface area contributed by atoms with E-state index in [1.807, 2.05) is 18.2 Å². The van der Waals surface area contributed by atoms with E-state index in [1.54, 1.807) is 37.3 Å². The summed E-state index contributed by atoms with van der Waals surface area (Å²) in [6, 6.07) is 13.5. The zero-order valence-electron chi connectivity index (χ0n) is 18.0. The van der Waals surface area contributed by atoms with Gasteiger partial charge in [-0.05, 0) is 30.7 Å². The van der Waals surface area contributed by atoms with E-state index < -0.39 is 18.0 Å². The van der Waals surface area contributed by atoms with Gasteiger partial charge in [0.1, 0.15) is 0 Å². The molecule has 8 nitrogen and oxygen atoms in total. The molecule has 1 aliphatic rings. The van der Waals surface area contributed by atoms with Gasteiger partial charge < -0.3 is 9.47 Å². The summed E-state index contributed by atoms with van der Waals surface area (Å²) in [6.45, 7) is 1.64. The number of rotatable bonds is 3. The Morgan fingerprint density at radius 2 is 1.88 bits per heavy atom. The van der Waals surface area contributed by atoms with Crippen molar-refractivity contribution < 1.29 is 18.0 Å². The highest BCUT2D eigenvalue weighted by Crippen LogP contribution is 2.33. The molecule has 0 fully saturated rings. The lowest BCUT2D eigenvalue weighted by molar-refractivity contribution is -0.148. The maximum absolute atomic E-state index is 13.2. The van der Waals surface area contributed by atoms with Gasteiger partial charge in [-0.15, -0.1) is 10.2 Å². The topological polar surface area (TPSA) is 96.8 Å². The molecular formula is C23H19F3N6O2. The molecule has 34 heavy (non-hydrogen) atoms. The van der Waals surface area contributed by atoms with E-state index in [1.165, 1.54) is 4.90 Å². The van der Waals surface area contributed by atoms with Gasteiger partial charge in [0.2, 0.25) is 5.82 Å². The van der Waals surface area contributed by atoms with E-state index in [4.69, 9.17) is 0 Å². The number of H-pyrrole nitrogens is 1. The molecule has 1 N–H and O–H groups in total. The first kappa shape index (κ1) is 21.8. The number of aromatic nitrogens is 5. The van der Waals surface area contributed by atoms with Crippen molar-refractivity contribution in [3.63, 3.8) is 0 Å². The number of nitrogens with zero attached hydrogens (tertiary/aromatic N) is 5. The second-order valence-electron chi connectivity index (χ2n) is 8.26. The number of aromatic amines is 1. The molecule has 0 bridgehead atoms. The van der Waals surface area contributed by atoms with Crippen molar-refractivity contribution in [1.82, 2.24) is 29.9 Å². The fourth-order valence-electron chi connectivity index (χ4n) is 4.37. The predicted octanol–water partition coefficient (Wildman–Crippen LogP) is 3.34. The number of amides is 1. The molecule has 5 rings (SSSR count). The maximum atomic E-state index is 13.2. The van der Waals surface area contributed by atoms with Gasteiger partial charge in [-0.2, -0.15) is 18.3 Å². The number of hydrogen-bond donors (Lipinski definition) is 1. The summed E-state index contributed by atoms with van der Waals surface area (Å²) in [6.07, 6.45) is -4.22. The van der Waals surface area contributed by atoms with Gasteiger partial charge in [0.15, 0.2) is 5.82 Å². The Labute approximate surface area is 191 Å². The summed E-state index contributed by atoms with van der Waals surface area (Å²) in [7, 11) is 0. The van der Waals surface area contributed by atoms with Crippen molar-refractivity contribution in [3.05, 3.63) is 87.4 Å². The third-order valence-corrected chi connectivity index (χ3v) is 5.89. The van der Waals surface area contributed by atoms with Crippen molar-refractivity contribution in [1.29, 1.82) is 0 Å². The van der Waals surface area contributed by atoms with Gasteiger partial charge in [0.25, 0.3) is 11.5 Å². The Kier molecular flexibility index (Phi) is 5.18. The van der Waals surface area contributed by atoms with E-state index >= 15 is 0 Å². The Hall–Kier alpha value is -4.02. The number of carbonyl (C=O) groups is 1. The second kappa shape index (κ2) is 8.08. The molecule has 174 valence electrons. The monoisotopic (exact) mass is 468 g/mol. The summed E-state index contributed by atoms with van der Waals surface area (Å²) in [5.41, 5.74) is 1.61. The first-order valence-electron chi connectivity index (χ1n) is 10.6. The van der Waals surface area contributed by atoms with Crippen molar-refractivity contribution in [3.8, 4) is 0 Å². The summed E-state index contributed by atoms with van der Waals surface area (Å²) in [5.74, 6) is -1.26. The summed E-state index contributed by atoms with van der Waals surface area (Å²) in [5, 5.41) is 14.9. The summed E-state index contributed by atoms with van der Waals surface area (Å²) < 4.78 is 40.7. The van der Waals surface area contributed by atoms with E-state index in [-0.39, 0.29) is 30.4 Å². The molecule has 1 unspecified atom stereocenters. The minimum absolute atomic E-state index is 0.0669. The lowest BCUT2D eigenvalue weighted by Gasteiger charge is -2.32. The van der Waals surface area contributed by atoms with Crippen LogP contribution in [0.1, 0.15) is 46.2 Å². The molecule has 1 aliphatic heterocycles. The van der Waals surface area contributed by atoms with Crippen molar-refractivity contribution in [2.75, 3.05) is 6.54 Å². The molecule has 11 heteroatoms. The number of benzene rings is 2. The van der Waals surface area contributed by atoms with Crippen LogP contribution in [0.2, 0.25) is 0 Å². The molecule has 1 atom stereocenters. The summed E-state index contributed by atoms with van der Waals surface area (Å²) >= 11 is 0. The highest BCUT2D eigenvalue weighted by molar-refractivity contribution is 5.94. The van der Waals surface area contributed by atoms with Gasteiger partial charge in [-0.1, -0.05) is 30.3 Å². The molecule has 1 amide bonds. The smallest absolute Gasteiger partial charge is 0.329 e. The van der Waals surface area contributed by atoms with Gasteiger partial charge in [-0.3, -0.25) is 9.59 Å². The Bertz CT molecular complexity index is 1460. The zero-order valence-corrected chi connectivity index (χ0v) is 18.0. The number of hydrogen-bond acceptors (Lipinski definition) is 5. The number of carbonyl (C=O) groups excluding carboxylic acids is 1. The standard InChI is InChI=1S/C23H19F3N6O2/c1-13-11-31(12-19-28-30-22(32(13)19)23(24,25)26)21(34)15-6-4-5-14(9-15)10-18-16-7-2-3-8-17(16)20(33)29-27-18/h2-9,13H,10-12H2,1H3,(H,29,33). The first-order chi connectivity index (χ1) is 16.2. The average molecular weight is 468 g/mol. The van der Waals surface area contributed by atoms with Crippen LogP contribution >= 0.6 is 0 Å². The van der Waals surface area contributed by atoms with Crippen LogP contribution in [0.15, 0.2) is 53.3 Å². The quantitative estimate of drug-likeness (QED) is 0.498. The van der Waals surface area contributed by atoms with Crippen LogP contribution in [0.3, 0.4) is 0 Å². The first-order valence-corrected chi connectivity index (χ1v) is 10.6. The predicted molar refractivity (Wildman–Crippen MR) is 116 cm³/mol.